The van der Waals surface area contributed by atoms with Gasteiger partial charge in [-0.25, -0.2) is 9.59 Å². The number of esters is 1. The van der Waals surface area contributed by atoms with E-state index in [0.717, 1.165) is 23.4 Å². The van der Waals surface area contributed by atoms with E-state index in [1.165, 1.54) is 7.11 Å². The molecule has 7 nitrogen and oxygen atoms in total. The summed E-state index contributed by atoms with van der Waals surface area (Å²) >= 11 is 0. The van der Waals surface area contributed by atoms with Crippen molar-refractivity contribution in [3.8, 4) is 5.75 Å². The smallest absolute Gasteiger partial charge is 0.338 e. The summed E-state index contributed by atoms with van der Waals surface area (Å²) in [6, 6.07) is 16.5. The first kappa shape index (κ1) is 22.4. The summed E-state index contributed by atoms with van der Waals surface area (Å²) in [5.41, 5.74) is 2.89. The number of rotatable bonds is 9. The van der Waals surface area contributed by atoms with E-state index in [4.69, 9.17) is 9.47 Å². The van der Waals surface area contributed by atoms with Gasteiger partial charge in [-0.2, -0.15) is 0 Å². The lowest BCUT2D eigenvalue weighted by atomic mass is 9.95. The molecule has 0 radical (unpaired) electrons. The highest BCUT2D eigenvalue weighted by atomic mass is 16.5. The third-order valence-corrected chi connectivity index (χ3v) is 5.16. The van der Waals surface area contributed by atoms with Crippen molar-refractivity contribution in [2.45, 2.75) is 26.4 Å². The van der Waals surface area contributed by atoms with E-state index < -0.39 is 12.0 Å². The quantitative estimate of drug-likeness (QED) is 0.605. The van der Waals surface area contributed by atoms with Crippen LogP contribution >= 0.6 is 0 Å². The van der Waals surface area contributed by atoms with E-state index in [-0.39, 0.29) is 6.03 Å². The number of likely N-dealkylation sites (N-methyl/N-ethyl adjacent to an activating group) is 1. The summed E-state index contributed by atoms with van der Waals surface area (Å²) in [5.74, 6) is 0.257. The highest BCUT2D eigenvalue weighted by Crippen LogP contribution is 2.29. The Labute approximate surface area is 183 Å². The lowest BCUT2D eigenvalue weighted by Crippen LogP contribution is -2.48. The highest BCUT2D eigenvalue weighted by Gasteiger charge is 2.34. The Bertz CT molecular complexity index is 926. The van der Waals surface area contributed by atoms with Crippen LogP contribution in [0.3, 0.4) is 0 Å². The third kappa shape index (κ3) is 5.64. The van der Waals surface area contributed by atoms with Gasteiger partial charge >= 0.3 is 12.0 Å². The van der Waals surface area contributed by atoms with Crippen LogP contribution in [-0.4, -0.2) is 43.7 Å². The van der Waals surface area contributed by atoms with Gasteiger partial charge < -0.3 is 20.1 Å². The molecule has 0 saturated carbocycles. The fraction of sp³-hybridized carbons (Fsp3) is 0.333. The zero-order valence-corrected chi connectivity index (χ0v) is 18.2. The fourth-order valence-electron chi connectivity index (χ4n) is 3.61. The predicted molar refractivity (Wildman–Crippen MR) is 118 cm³/mol. The molecule has 0 aliphatic carbocycles. The second-order valence-electron chi connectivity index (χ2n) is 7.21. The number of nitrogens with one attached hydrogen (secondary N) is 2. The molecule has 31 heavy (non-hydrogen) atoms. The molecule has 1 aliphatic rings. The number of methoxy groups -OCH3 is 1. The Kier molecular flexibility index (Phi) is 7.67. The van der Waals surface area contributed by atoms with Crippen LogP contribution < -0.4 is 15.4 Å². The van der Waals surface area contributed by atoms with Gasteiger partial charge in [0, 0.05) is 18.8 Å². The Balaban J connectivity index is 1.93. The van der Waals surface area contributed by atoms with Gasteiger partial charge in [-0.15, -0.1) is 0 Å². The maximum atomic E-state index is 12.8. The van der Waals surface area contributed by atoms with E-state index in [9.17, 15) is 9.59 Å². The molecular weight excluding hydrogens is 394 g/mol. The van der Waals surface area contributed by atoms with Crippen LogP contribution in [0, 0.1) is 0 Å². The first-order valence-electron chi connectivity index (χ1n) is 10.4. The second-order valence-corrected chi connectivity index (χ2v) is 7.21. The first-order chi connectivity index (χ1) is 15.0. The number of carbonyl (C=O) groups is 2. The van der Waals surface area contributed by atoms with Crippen molar-refractivity contribution < 1.29 is 19.1 Å². The average Bonchev–Trinajstić information content (AvgIpc) is 2.79. The van der Waals surface area contributed by atoms with Crippen molar-refractivity contribution in [3.63, 3.8) is 0 Å². The third-order valence-electron chi connectivity index (χ3n) is 5.16. The summed E-state index contributed by atoms with van der Waals surface area (Å²) in [5, 5.41) is 5.68. The van der Waals surface area contributed by atoms with E-state index >= 15 is 0 Å². The topological polar surface area (TPSA) is 79.9 Å². The van der Waals surface area contributed by atoms with Gasteiger partial charge in [0.05, 0.1) is 25.3 Å². The predicted octanol–water partition coefficient (Wildman–Crippen LogP) is 3.39. The SMILES string of the molecule is CCOc1ccc([C@@H]2NC(=O)NC(CN(CC)Cc3ccccc3)=C2C(=O)OC)cc1. The largest absolute Gasteiger partial charge is 0.494 e. The minimum Gasteiger partial charge on any atom is -0.494 e. The number of hydrogen-bond acceptors (Lipinski definition) is 5. The Morgan fingerprint density at radius 2 is 1.74 bits per heavy atom. The maximum absolute atomic E-state index is 12.8. The Morgan fingerprint density at radius 3 is 2.35 bits per heavy atom. The molecular formula is C24H29N3O4. The molecule has 2 aromatic carbocycles. The lowest BCUT2D eigenvalue weighted by molar-refractivity contribution is -0.136. The molecule has 1 aliphatic heterocycles. The molecule has 0 aromatic heterocycles. The summed E-state index contributed by atoms with van der Waals surface area (Å²) in [6.07, 6.45) is 0. The van der Waals surface area contributed by atoms with Gasteiger partial charge in [0.25, 0.3) is 0 Å². The van der Waals surface area contributed by atoms with Crippen molar-refractivity contribution in [1.29, 1.82) is 0 Å². The number of carbonyl (C=O) groups excluding carboxylic acids is 2. The van der Waals surface area contributed by atoms with E-state index in [2.05, 4.69) is 27.7 Å². The van der Waals surface area contributed by atoms with E-state index in [1.807, 2.05) is 56.3 Å². The molecule has 0 spiro atoms. The number of amides is 2. The molecule has 0 fully saturated rings. The van der Waals surface area contributed by atoms with Crippen LogP contribution in [0.25, 0.3) is 0 Å². The molecule has 164 valence electrons. The molecule has 2 N–H and O–H groups in total. The van der Waals surface area contributed by atoms with Crippen molar-refractivity contribution >= 4 is 12.0 Å². The average molecular weight is 424 g/mol. The number of ether oxygens (including phenoxy) is 2. The standard InChI is InChI=1S/C24H29N3O4/c1-4-27(15-17-9-7-6-8-10-17)16-20-21(23(28)30-3)22(26-24(29)25-20)18-11-13-19(14-12-18)31-5-2/h6-14,22H,4-5,15-16H2,1-3H3,(H2,25,26,29)/t22-/m0/s1. The molecule has 1 atom stereocenters. The number of nitrogens with zero attached hydrogens (tertiary/aromatic N) is 1. The van der Waals surface area contributed by atoms with Crippen LogP contribution in [0.2, 0.25) is 0 Å². The monoisotopic (exact) mass is 423 g/mol. The summed E-state index contributed by atoms with van der Waals surface area (Å²) < 4.78 is 10.6. The lowest BCUT2D eigenvalue weighted by Gasteiger charge is -2.31. The summed E-state index contributed by atoms with van der Waals surface area (Å²) in [6.45, 7) is 6.40. The molecule has 2 aromatic rings. The molecule has 0 saturated heterocycles. The van der Waals surface area contributed by atoms with Gasteiger partial charge in [-0.3, -0.25) is 4.90 Å². The zero-order valence-electron chi connectivity index (χ0n) is 18.2. The van der Waals surface area contributed by atoms with Crippen LogP contribution in [0.1, 0.15) is 31.0 Å². The number of hydrogen-bond donors (Lipinski definition) is 2. The van der Waals surface area contributed by atoms with Crippen molar-refractivity contribution in [2.75, 3.05) is 26.8 Å². The molecule has 3 rings (SSSR count). The van der Waals surface area contributed by atoms with Crippen molar-refractivity contribution in [2.24, 2.45) is 0 Å². The molecule has 0 unspecified atom stereocenters. The Hall–Kier alpha value is -3.32. The van der Waals surface area contributed by atoms with Gasteiger partial charge in [0.2, 0.25) is 0 Å². The maximum Gasteiger partial charge on any atom is 0.338 e. The summed E-state index contributed by atoms with van der Waals surface area (Å²) in [4.78, 5) is 27.4. The highest BCUT2D eigenvalue weighted by molar-refractivity contribution is 5.95. The van der Waals surface area contributed by atoms with Gasteiger partial charge in [-0.05, 0) is 36.7 Å². The van der Waals surface area contributed by atoms with Gasteiger partial charge in [0.1, 0.15) is 5.75 Å². The van der Waals surface area contributed by atoms with E-state index in [1.54, 1.807) is 0 Å². The minimum atomic E-state index is -0.609. The molecule has 7 heteroatoms. The second kappa shape index (κ2) is 10.6. The van der Waals surface area contributed by atoms with Crippen LogP contribution in [0.4, 0.5) is 4.79 Å². The van der Waals surface area contributed by atoms with Crippen LogP contribution in [0.15, 0.2) is 65.9 Å². The first-order valence-corrected chi connectivity index (χ1v) is 10.4. The van der Waals surface area contributed by atoms with Gasteiger partial charge in [0.15, 0.2) is 0 Å². The van der Waals surface area contributed by atoms with Crippen LogP contribution in [0.5, 0.6) is 5.75 Å². The Morgan fingerprint density at radius 1 is 1.03 bits per heavy atom. The van der Waals surface area contributed by atoms with Crippen molar-refractivity contribution in [3.05, 3.63) is 77.0 Å². The van der Waals surface area contributed by atoms with E-state index in [0.29, 0.717) is 31.0 Å². The molecule has 2 amide bonds. The number of urea groups is 1. The van der Waals surface area contributed by atoms with Crippen LogP contribution in [-0.2, 0) is 16.1 Å². The number of benzene rings is 2. The normalized spacial score (nSPS) is 16.0. The minimum absolute atomic E-state index is 0.350. The fourth-order valence-corrected chi connectivity index (χ4v) is 3.61. The molecule has 1 heterocycles. The molecule has 0 bridgehead atoms. The van der Waals surface area contributed by atoms with Crippen molar-refractivity contribution in [1.82, 2.24) is 15.5 Å². The van der Waals surface area contributed by atoms with Gasteiger partial charge in [-0.1, -0.05) is 49.4 Å². The zero-order chi connectivity index (χ0) is 22.2. The summed E-state index contributed by atoms with van der Waals surface area (Å²) in [7, 11) is 1.35.